The number of rotatable bonds is 3. The molecule has 0 saturated carbocycles. The van der Waals surface area contributed by atoms with Crippen molar-refractivity contribution in [1.82, 2.24) is 4.90 Å². The SMILES string of the molecule is CC(S)OC[C@H]1CCCN1C. The minimum atomic E-state index is 0.0731. The average molecular weight is 175 g/mol. The van der Waals surface area contributed by atoms with Crippen molar-refractivity contribution < 1.29 is 4.74 Å². The fourth-order valence-corrected chi connectivity index (χ4v) is 1.53. The molecule has 1 rings (SSSR count). The van der Waals surface area contributed by atoms with Crippen molar-refractivity contribution in [2.24, 2.45) is 0 Å². The first kappa shape index (κ1) is 9.36. The van der Waals surface area contributed by atoms with Crippen LogP contribution in [0.3, 0.4) is 0 Å². The highest BCUT2D eigenvalue weighted by atomic mass is 32.1. The zero-order valence-electron chi connectivity index (χ0n) is 7.29. The van der Waals surface area contributed by atoms with E-state index in [0.717, 1.165) is 6.61 Å². The molecule has 11 heavy (non-hydrogen) atoms. The van der Waals surface area contributed by atoms with E-state index >= 15 is 0 Å². The third-order valence-electron chi connectivity index (χ3n) is 2.20. The molecule has 1 aliphatic rings. The van der Waals surface area contributed by atoms with Gasteiger partial charge >= 0.3 is 0 Å². The van der Waals surface area contributed by atoms with Gasteiger partial charge in [-0.15, -0.1) is 12.6 Å². The molecule has 0 bridgehead atoms. The van der Waals surface area contributed by atoms with Gasteiger partial charge in [-0.2, -0.15) is 0 Å². The molecule has 0 radical (unpaired) electrons. The molecule has 1 unspecified atom stereocenters. The lowest BCUT2D eigenvalue weighted by Gasteiger charge is -2.19. The summed E-state index contributed by atoms with van der Waals surface area (Å²) in [7, 11) is 2.16. The topological polar surface area (TPSA) is 12.5 Å². The molecule has 0 amide bonds. The molecular weight excluding hydrogens is 158 g/mol. The zero-order valence-corrected chi connectivity index (χ0v) is 8.18. The maximum atomic E-state index is 5.42. The first-order valence-electron chi connectivity index (χ1n) is 4.20. The van der Waals surface area contributed by atoms with E-state index < -0.39 is 0 Å². The Kier molecular flexibility index (Phi) is 3.69. The van der Waals surface area contributed by atoms with Gasteiger partial charge in [0, 0.05) is 6.04 Å². The highest BCUT2D eigenvalue weighted by Crippen LogP contribution is 2.15. The fraction of sp³-hybridized carbons (Fsp3) is 1.00. The van der Waals surface area contributed by atoms with Crippen molar-refractivity contribution in [3.63, 3.8) is 0 Å². The lowest BCUT2D eigenvalue weighted by molar-refractivity contribution is 0.0786. The second-order valence-corrected chi connectivity index (χ2v) is 3.94. The van der Waals surface area contributed by atoms with Crippen LogP contribution in [0.15, 0.2) is 0 Å². The van der Waals surface area contributed by atoms with Crippen molar-refractivity contribution in [2.75, 3.05) is 20.2 Å². The second-order valence-electron chi connectivity index (χ2n) is 3.21. The van der Waals surface area contributed by atoms with E-state index in [9.17, 15) is 0 Å². The Hall–Kier alpha value is 0.270. The lowest BCUT2D eigenvalue weighted by atomic mass is 10.2. The minimum Gasteiger partial charge on any atom is -0.367 e. The van der Waals surface area contributed by atoms with Gasteiger partial charge in [0.15, 0.2) is 0 Å². The monoisotopic (exact) mass is 175 g/mol. The number of likely N-dealkylation sites (N-methyl/N-ethyl adjacent to an activating group) is 1. The number of thiol groups is 1. The van der Waals surface area contributed by atoms with Crippen LogP contribution in [0.5, 0.6) is 0 Å². The molecule has 0 spiro atoms. The quantitative estimate of drug-likeness (QED) is 0.514. The third kappa shape index (κ3) is 3.01. The molecule has 2 nitrogen and oxygen atoms in total. The van der Waals surface area contributed by atoms with Crippen molar-refractivity contribution in [3.8, 4) is 0 Å². The summed E-state index contributed by atoms with van der Waals surface area (Å²) in [6, 6.07) is 0.629. The summed E-state index contributed by atoms with van der Waals surface area (Å²) in [5.74, 6) is 0. The molecular formula is C8H17NOS. The predicted molar refractivity (Wildman–Crippen MR) is 50.1 cm³/mol. The predicted octanol–water partition coefficient (Wildman–Crippen LogP) is 1.37. The standard InChI is InChI=1S/C8H17NOS/c1-7(11)10-6-8-4-3-5-9(8)2/h7-8,11H,3-6H2,1-2H3/t7?,8-/m1/s1. The number of nitrogens with zero attached hydrogens (tertiary/aromatic N) is 1. The summed E-state index contributed by atoms with van der Waals surface area (Å²) >= 11 is 4.16. The minimum absolute atomic E-state index is 0.0731. The Balaban J connectivity index is 2.15. The van der Waals surface area contributed by atoms with Gasteiger partial charge in [0.25, 0.3) is 0 Å². The molecule has 3 heteroatoms. The fourth-order valence-electron chi connectivity index (χ4n) is 1.44. The highest BCUT2D eigenvalue weighted by Gasteiger charge is 2.20. The van der Waals surface area contributed by atoms with Crippen LogP contribution in [0.25, 0.3) is 0 Å². The van der Waals surface area contributed by atoms with Crippen molar-refractivity contribution in [1.29, 1.82) is 0 Å². The normalized spacial score (nSPS) is 29.2. The van der Waals surface area contributed by atoms with Gasteiger partial charge in [-0.1, -0.05) is 0 Å². The summed E-state index contributed by atoms with van der Waals surface area (Å²) in [5.41, 5.74) is 0.0731. The van der Waals surface area contributed by atoms with Crippen LogP contribution in [-0.2, 0) is 4.74 Å². The second kappa shape index (κ2) is 4.33. The number of hydrogen-bond acceptors (Lipinski definition) is 3. The summed E-state index contributed by atoms with van der Waals surface area (Å²) in [5, 5.41) is 0. The Bertz CT molecular complexity index is 119. The van der Waals surface area contributed by atoms with Gasteiger partial charge in [0.2, 0.25) is 0 Å². The largest absolute Gasteiger partial charge is 0.367 e. The molecule has 0 aromatic carbocycles. The van der Waals surface area contributed by atoms with Crippen molar-refractivity contribution >= 4 is 12.6 Å². The third-order valence-corrected chi connectivity index (χ3v) is 2.35. The molecule has 1 heterocycles. The molecule has 0 N–H and O–H groups in total. The Morgan fingerprint density at radius 2 is 2.45 bits per heavy atom. The van der Waals surface area contributed by atoms with Crippen LogP contribution < -0.4 is 0 Å². The number of likely N-dealkylation sites (tertiary alicyclic amines) is 1. The molecule has 66 valence electrons. The van der Waals surface area contributed by atoms with Crippen LogP contribution >= 0.6 is 12.6 Å². The summed E-state index contributed by atoms with van der Waals surface area (Å²) < 4.78 is 5.42. The molecule has 1 saturated heterocycles. The van der Waals surface area contributed by atoms with Crippen LogP contribution in [0.1, 0.15) is 19.8 Å². The molecule has 0 aromatic rings. The van der Waals surface area contributed by atoms with Crippen LogP contribution in [-0.4, -0.2) is 36.6 Å². The molecule has 2 atom stereocenters. The summed E-state index contributed by atoms with van der Waals surface area (Å²) in [4.78, 5) is 2.36. The first-order valence-corrected chi connectivity index (χ1v) is 4.71. The van der Waals surface area contributed by atoms with Crippen LogP contribution in [0.4, 0.5) is 0 Å². The Labute approximate surface area is 74.3 Å². The zero-order chi connectivity index (χ0) is 8.27. The lowest BCUT2D eigenvalue weighted by Crippen LogP contribution is -2.30. The van der Waals surface area contributed by atoms with E-state index in [-0.39, 0.29) is 5.44 Å². The van der Waals surface area contributed by atoms with Crippen LogP contribution in [0, 0.1) is 0 Å². The van der Waals surface area contributed by atoms with Gasteiger partial charge in [0.1, 0.15) is 0 Å². The van der Waals surface area contributed by atoms with Gasteiger partial charge in [-0.25, -0.2) is 0 Å². The maximum Gasteiger partial charge on any atom is 0.0972 e. The summed E-state index contributed by atoms with van der Waals surface area (Å²) in [6.07, 6.45) is 2.59. The smallest absolute Gasteiger partial charge is 0.0972 e. The van der Waals surface area contributed by atoms with E-state index in [1.54, 1.807) is 0 Å². The van der Waals surface area contributed by atoms with E-state index in [2.05, 4.69) is 24.6 Å². The van der Waals surface area contributed by atoms with E-state index in [1.165, 1.54) is 19.4 Å². The Morgan fingerprint density at radius 3 is 2.91 bits per heavy atom. The van der Waals surface area contributed by atoms with Crippen molar-refractivity contribution in [3.05, 3.63) is 0 Å². The van der Waals surface area contributed by atoms with Crippen molar-refractivity contribution in [2.45, 2.75) is 31.2 Å². The van der Waals surface area contributed by atoms with E-state index in [1.807, 2.05) is 6.92 Å². The molecule has 0 aromatic heterocycles. The van der Waals surface area contributed by atoms with Gasteiger partial charge in [-0.3, -0.25) is 0 Å². The molecule has 1 aliphatic heterocycles. The number of hydrogen-bond donors (Lipinski definition) is 1. The highest BCUT2D eigenvalue weighted by molar-refractivity contribution is 7.80. The molecule has 1 fully saturated rings. The van der Waals surface area contributed by atoms with Gasteiger partial charge in [-0.05, 0) is 33.4 Å². The van der Waals surface area contributed by atoms with Crippen LogP contribution in [0.2, 0.25) is 0 Å². The maximum absolute atomic E-state index is 5.42. The van der Waals surface area contributed by atoms with E-state index in [4.69, 9.17) is 4.74 Å². The summed E-state index contributed by atoms with van der Waals surface area (Å²) in [6.45, 7) is 4.01. The number of ether oxygens (including phenoxy) is 1. The first-order chi connectivity index (χ1) is 5.20. The average Bonchev–Trinajstić information content (AvgIpc) is 2.31. The van der Waals surface area contributed by atoms with Gasteiger partial charge < -0.3 is 9.64 Å². The Morgan fingerprint density at radius 1 is 1.73 bits per heavy atom. The van der Waals surface area contributed by atoms with Gasteiger partial charge in [0.05, 0.1) is 12.0 Å². The van der Waals surface area contributed by atoms with E-state index in [0.29, 0.717) is 6.04 Å². The molecule has 0 aliphatic carbocycles.